The number of carboxylic acid groups (broad SMARTS) is 1. The second-order valence-corrected chi connectivity index (χ2v) is 4.54. The molecule has 0 fully saturated rings. The number of benzene rings is 2. The Hall–Kier alpha value is -2.32. The van der Waals surface area contributed by atoms with Gasteiger partial charge in [0, 0.05) is 4.47 Å². The van der Waals surface area contributed by atoms with Crippen LogP contribution in [0.1, 0.15) is 15.9 Å². The van der Waals surface area contributed by atoms with Crippen LogP contribution < -0.4 is 4.74 Å². The summed E-state index contributed by atoms with van der Waals surface area (Å²) >= 11 is 3.18. The highest BCUT2D eigenvalue weighted by atomic mass is 79.9. The summed E-state index contributed by atoms with van der Waals surface area (Å²) in [5.74, 6) is 0.0901. The Bertz CT molecular complexity index is 659. The number of aromatic carboxylic acids is 1. The Morgan fingerprint density at radius 1 is 1.16 bits per heavy atom. The maximum atomic E-state index is 10.9. The zero-order valence-electron chi connectivity index (χ0n) is 9.63. The molecule has 0 heterocycles. The lowest BCUT2D eigenvalue weighted by atomic mass is 10.2. The zero-order chi connectivity index (χ0) is 13.8. The van der Waals surface area contributed by atoms with Gasteiger partial charge in [-0.3, -0.25) is 0 Å². The van der Waals surface area contributed by atoms with E-state index in [2.05, 4.69) is 15.9 Å². The molecule has 0 saturated heterocycles. The van der Waals surface area contributed by atoms with E-state index >= 15 is 0 Å². The lowest BCUT2D eigenvalue weighted by Crippen LogP contribution is -1.97. The van der Waals surface area contributed by atoms with Crippen molar-refractivity contribution in [3.05, 3.63) is 58.1 Å². The highest BCUT2D eigenvalue weighted by molar-refractivity contribution is 9.10. The summed E-state index contributed by atoms with van der Waals surface area (Å²) in [7, 11) is 0. The third-order valence-electron chi connectivity index (χ3n) is 2.39. The van der Waals surface area contributed by atoms with E-state index in [9.17, 15) is 4.79 Å². The summed E-state index contributed by atoms with van der Waals surface area (Å²) in [5.41, 5.74) is 0.724. The molecule has 5 heteroatoms. The first-order chi connectivity index (χ1) is 9.10. The summed E-state index contributed by atoms with van der Waals surface area (Å²) in [6, 6.07) is 13.3. The number of ether oxygens (including phenoxy) is 1. The Kier molecular flexibility index (Phi) is 3.83. The Balaban J connectivity index is 2.21. The minimum atomic E-state index is -1.00. The monoisotopic (exact) mass is 317 g/mol. The van der Waals surface area contributed by atoms with E-state index in [-0.39, 0.29) is 5.56 Å². The van der Waals surface area contributed by atoms with Crippen LogP contribution in [0.3, 0.4) is 0 Å². The number of carboxylic acids is 1. The highest BCUT2D eigenvalue weighted by Crippen LogP contribution is 2.27. The molecule has 2 aromatic carbocycles. The van der Waals surface area contributed by atoms with Crippen molar-refractivity contribution in [2.45, 2.75) is 0 Å². The minimum absolute atomic E-state index is 0.173. The normalized spacial score (nSPS) is 9.68. The molecule has 2 aromatic rings. The van der Waals surface area contributed by atoms with Gasteiger partial charge in [0.15, 0.2) is 0 Å². The fraction of sp³-hybridized carbons (Fsp3) is 0. The lowest BCUT2D eigenvalue weighted by molar-refractivity contribution is 0.0696. The molecule has 0 unspecified atom stereocenters. The summed E-state index contributed by atoms with van der Waals surface area (Å²) in [4.78, 5) is 10.9. The van der Waals surface area contributed by atoms with E-state index in [0.29, 0.717) is 21.5 Å². The second-order valence-electron chi connectivity index (χ2n) is 3.69. The second kappa shape index (κ2) is 5.55. The van der Waals surface area contributed by atoms with Crippen molar-refractivity contribution in [2.75, 3.05) is 0 Å². The Morgan fingerprint density at radius 3 is 2.32 bits per heavy atom. The van der Waals surface area contributed by atoms with Crippen molar-refractivity contribution in [3.8, 4) is 17.6 Å². The molecule has 4 nitrogen and oxygen atoms in total. The lowest BCUT2D eigenvalue weighted by Gasteiger charge is -2.07. The average molecular weight is 318 g/mol. The molecule has 0 bridgehead atoms. The molecule has 19 heavy (non-hydrogen) atoms. The van der Waals surface area contributed by atoms with E-state index < -0.39 is 5.97 Å². The van der Waals surface area contributed by atoms with Crippen LogP contribution in [0.25, 0.3) is 0 Å². The maximum Gasteiger partial charge on any atom is 0.336 e. The molecule has 0 radical (unpaired) electrons. The number of hydrogen-bond donors (Lipinski definition) is 1. The zero-order valence-corrected chi connectivity index (χ0v) is 11.2. The fourth-order valence-electron chi connectivity index (χ4n) is 1.47. The third-order valence-corrected chi connectivity index (χ3v) is 3.05. The van der Waals surface area contributed by atoms with Gasteiger partial charge in [-0.1, -0.05) is 0 Å². The van der Waals surface area contributed by atoms with Gasteiger partial charge < -0.3 is 9.84 Å². The van der Waals surface area contributed by atoms with Crippen LogP contribution in [0, 0.1) is 11.3 Å². The Morgan fingerprint density at radius 2 is 1.79 bits per heavy atom. The maximum absolute atomic E-state index is 10.9. The van der Waals surface area contributed by atoms with Gasteiger partial charge in [0.05, 0.1) is 17.2 Å². The van der Waals surface area contributed by atoms with Gasteiger partial charge in [-0.05, 0) is 58.4 Å². The van der Waals surface area contributed by atoms with E-state index in [1.165, 1.54) is 6.07 Å². The van der Waals surface area contributed by atoms with Crippen LogP contribution in [0.5, 0.6) is 11.5 Å². The molecule has 0 saturated carbocycles. The van der Waals surface area contributed by atoms with E-state index in [1.54, 1.807) is 36.4 Å². The van der Waals surface area contributed by atoms with Gasteiger partial charge in [-0.2, -0.15) is 5.26 Å². The standard InChI is InChI=1S/C14H8BrNO3/c15-13-7-11(5-6-12(13)14(17)18)19-10-3-1-9(8-16)2-4-10/h1-7H,(H,17,18). The number of hydrogen-bond acceptors (Lipinski definition) is 3. The first-order valence-corrected chi connectivity index (χ1v) is 6.10. The van der Waals surface area contributed by atoms with Crippen LogP contribution in [0.15, 0.2) is 46.9 Å². The number of rotatable bonds is 3. The smallest absolute Gasteiger partial charge is 0.336 e. The largest absolute Gasteiger partial charge is 0.478 e. The molecule has 0 amide bonds. The molecule has 0 spiro atoms. The number of nitriles is 1. The molecule has 0 aromatic heterocycles. The SMILES string of the molecule is N#Cc1ccc(Oc2ccc(C(=O)O)c(Br)c2)cc1. The summed E-state index contributed by atoms with van der Waals surface area (Å²) in [6.07, 6.45) is 0. The predicted molar refractivity (Wildman–Crippen MR) is 72.3 cm³/mol. The van der Waals surface area contributed by atoms with Crippen LogP contribution in [-0.2, 0) is 0 Å². The molecule has 94 valence electrons. The molecular weight excluding hydrogens is 310 g/mol. The minimum Gasteiger partial charge on any atom is -0.478 e. The number of halogens is 1. The van der Waals surface area contributed by atoms with Crippen LogP contribution in [0.2, 0.25) is 0 Å². The van der Waals surface area contributed by atoms with Gasteiger partial charge in [0.2, 0.25) is 0 Å². The van der Waals surface area contributed by atoms with Crippen molar-refractivity contribution in [1.29, 1.82) is 5.26 Å². The summed E-state index contributed by atoms with van der Waals surface area (Å²) in [6.45, 7) is 0. The quantitative estimate of drug-likeness (QED) is 0.934. The number of carbonyl (C=O) groups is 1. The molecule has 0 aliphatic rings. The molecule has 2 rings (SSSR count). The first kappa shape index (κ1) is 13.1. The molecule has 0 aliphatic carbocycles. The van der Waals surface area contributed by atoms with Gasteiger partial charge in [0.25, 0.3) is 0 Å². The topological polar surface area (TPSA) is 70.3 Å². The molecular formula is C14H8BrNO3. The van der Waals surface area contributed by atoms with Gasteiger partial charge >= 0.3 is 5.97 Å². The van der Waals surface area contributed by atoms with Crippen molar-refractivity contribution in [3.63, 3.8) is 0 Å². The van der Waals surface area contributed by atoms with Gasteiger partial charge in [0.1, 0.15) is 11.5 Å². The highest BCUT2D eigenvalue weighted by Gasteiger charge is 2.09. The van der Waals surface area contributed by atoms with Crippen LogP contribution >= 0.6 is 15.9 Å². The third kappa shape index (κ3) is 3.12. The molecule has 0 aliphatic heterocycles. The van der Waals surface area contributed by atoms with Gasteiger partial charge in [-0.15, -0.1) is 0 Å². The Labute approximate surface area is 118 Å². The average Bonchev–Trinajstić information content (AvgIpc) is 2.39. The van der Waals surface area contributed by atoms with E-state index in [4.69, 9.17) is 15.1 Å². The van der Waals surface area contributed by atoms with Gasteiger partial charge in [-0.25, -0.2) is 4.79 Å². The van der Waals surface area contributed by atoms with Crippen molar-refractivity contribution < 1.29 is 14.6 Å². The predicted octanol–water partition coefficient (Wildman–Crippen LogP) is 3.81. The molecule has 1 N–H and O–H groups in total. The number of nitrogens with zero attached hydrogens (tertiary/aromatic N) is 1. The fourth-order valence-corrected chi connectivity index (χ4v) is 1.99. The summed E-state index contributed by atoms with van der Waals surface area (Å²) in [5, 5.41) is 17.6. The van der Waals surface area contributed by atoms with Crippen molar-refractivity contribution in [1.82, 2.24) is 0 Å². The van der Waals surface area contributed by atoms with Crippen molar-refractivity contribution in [2.24, 2.45) is 0 Å². The van der Waals surface area contributed by atoms with E-state index in [1.807, 2.05) is 6.07 Å². The van der Waals surface area contributed by atoms with E-state index in [0.717, 1.165) is 0 Å². The van der Waals surface area contributed by atoms with Crippen LogP contribution in [0.4, 0.5) is 0 Å². The summed E-state index contributed by atoms with van der Waals surface area (Å²) < 4.78 is 6.01. The van der Waals surface area contributed by atoms with Crippen LogP contribution in [-0.4, -0.2) is 11.1 Å². The molecule has 0 atom stereocenters. The first-order valence-electron chi connectivity index (χ1n) is 5.31. The van der Waals surface area contributed by atoms with Crippen molar-refractivity contribution >= 4 is 21.9 Å².